The van der Waals surface area contributed by atoms with E-state index in [0.717, 1.165) is 23.6 Å². The number of allylic oxidation sites excluding steroid dienone is 2. The van der Waals surface area contributed by atoms with E-state index in [1.165, 1.54) is 5.57 Å². The Morgan fingerprint density at radius 3 is 2.71 bits per heavy atom. The van der Waals surface area contributed by atoms with E-state index >= 15 is 0 Å². The lowest BCUT2D eigenvalue weighted by molar-refractivity contribution is 0.367. The van der Waals surface area contributed by atoms with E-state index in [2.05, 4.69) is 18.9 Å². The minimum absolute atomic E-state index is 0.0508. The maximum absolute atomic E-state index is 11.9. The third-order valence-corrected chi connectivity index (χ3v) is 4.30. The second-order valence-electron chi connectivity index (χ2n) is 5.13. The van der Waals surface area contributed by atoms with Gasteiger partial charge >= 0.3 is 0 Å². The molecule has 21 heavy (non-hydrogen) atoms. The molecule has 5 heteroatoms. The molecule has 1 rings (SSSR count). The quantitative estimate of drug-likeness (QED) is 0.775. The maximum atomic E-state index is 11.9. The molecule has 0 aliphatic rings. The minimum Gasteiger partial charge on any atom is -0.308 e. The number of hydrogen-bond donors (Lipinski definition) is 0. The average Bonchev–Trinajstić information content (AvgIpc) is 2.47. The van der Waals surface area contributed by atoms with Crippen LogP contribution in [0, 0.1) is 0 Å². The molecular formula is C16H25N3OS. The van der Waals surface area contributed by atoms with Gasteiger partial charge in [0.05, 0.1) is 12.2 Å². The van der Waals surface area contributed by atoms with Gasteiger partial charge in [-0.05, 0) is 45.8 Å². The zero-order valence-electron chi connectivity index (χ0n) is 13.6. The molecule has 0 aromatic carbocycles. The fraction of sp³-hybridized carbons (Fsp3) is 0.500. The molecule has 0 aliphatic heterocycles. The van der Waals surface area contributed by atoms with Gasteiger partial charge in [0.1, 0.15) is 0 Å². The van der Waals surface area contributed by atoms with Crippen LogP contribution < -0.4 is 5.56 Å². The summed E-state index contributed by atoms with van der Waals surface area (Å²) in [5.41, 5.74) is 2.10. The van der Waals surface area contributed by atoms with Crippen LogP contribution in [0.5, 0.6) is 0 Å². The molecule has 0 aliphatic carbocycles. The number of hydrogen-bond acceptors (Lipinski definition) is 4. The van der Waals surface area contributed by atoms with Crippen LogP contribution in [-0.4, -0.2) is 35.3 Å². The van der Waals surface area contributed by atoms with E-state index in [9.17, 15) is 4.79 Å². The average molecular weight is 307 g/mol. The van der Waals surface area contributed by atoms with E-state index < -0.39 is 0 Å². The van der Waals surface area contributed by atoms with Gasteiger partial charge in [-0.25, -0.2) is 4.68 Å². The molecule has 116 valence electrons. The number of thioether (sulfide) groups is 1. The van der Waals surface area contributed by atoms with Crippen molar-refractivity contribution in [3.63, 3.8) is 0 Å². The predicted octanol–water partition coefficient (Wildman–Crippen LogP) is 3.21. The Morgan fingerprint density at radius 1 is 1.43 bits per heavy atom. The van der Waals surface area contributed by atoms with E-state index in [1.54, 1.807) is 22.5 Å². The highest BCUT2D eigenvalue weighted by molar-refractivity contribution is 8.10. The fourth-order valence-electron chi connectivity index (χ4n) is 1.70. The van der Waals surface area contributed by atoms with Crippen molar-refractivity contribution < 1.29 is 0 Å². The molecule has 0 saturated heterocycles. The van der Waals surface area contributed by atoms with Crippen LogP contribution in [0.15, 0.2) is 34.0 Å². The lowest BCUT2D eigenvalue weighted by atomic mass is 10.2. The molecule has 0 fully saturated rings. The molecule has 1 heterocycles. The number of aromatic nitrogens is 2. The summed E-state index contributed by atoms with van der Waals surface area (Å²) in [6.45, 7) is 7.64. The molecule has 0 bridgehead atoms. The molecule has 1 aromatic heterocycles. The molecule has 0 spiro atoms. The van der Waals surface area contributed by atoms with Crippen molar-refractivity contribution in [2.24, 2.45) is 0 Å². The van der Waals surface area contributed by atoms with Crippen LogP contribution in [0.4, 0.5) is 0 Å². The topological polar surface area (TPSA) is 38.1 Å². The second-order valence-corrected chi connectivity index (χ2v) is 6.05. The van der Waals surface area contributed by atoms with E-state index in [4.69, 9.17) is 0 Å². The first kappa shape index (κ1) is 17.7. The molecule has 4 nitrogen and oxygen atoms in total. The Morgan fingerprint density at radius 2 is 2.14 bits per heavy atom. The monoisotopic (exact) mass is 307 g/mol. The highest BCUT2D eigenvalue weighted by atomic mass is 32.2. The Labute approximate surface area is 131 Å². The van der Waals surface area contributed by atoms with Gasteiger partial charge in [-0.2, -0.15) is 5.10 Å². The lowest BCUT2D eigenvalue weighted by Gasteiger charge is -2.13. The molecular weight excluding hydrogens is 282 g/mol. The number of nitrogens with zero attached hydrogens (tertiary/aromatic N) is 3. The van der Waals surface area contributed by atoms with Crippen molar-refractivity contribution in [3.8, 4) is 0 Å². The minimum atomic E-state index is -0.0508. The summed E-state index contributed by atoms with van der Waals surface area (Å²) in [6.07, 6.45) is 2.98. The second kappa shape index (κ2) is 8.85. The maximum Gasteiger partial charge on any atom is 0.266 e. The molecule has 1 aromatic rings. The van der Waals surface area contributed by atoms with E-state index in [-0.39, 0.29) is 5.56 Å². The van der Waals surface area contributed by atoms with Crippen molar-refractivity contribution in [2.75, 3.05) is 20.6 Å². The molecule has 0 saturated carbocycles. The predicted molar refractivity (Wildman–Crippen MR) is 92.3 cm³/mol. The van der Waals surface area contributed by atoms with Gasteiger partial charge in [-0.15, -0.1) is 0 Å². The summed E-state index contributed by atoms with van der Waals surface area (Å²) in [4.78, 5) is 15.1. The first-order chi connectivity index (χ1) is 9.99. The lowest BCUT2D eigenvalue weighted by Crippen LogP contribution is -2.28. The molecule has 0 atom stereocenters. The standard InChI is InChI=1S/C16H25N3OS/c1-6-12-21-16(13(3)7-2)14-8-9-15(20)19(17-14)11-10-18(4)5/h6,8-9,12H,7,10-11H2,1-5H3/b12-6-,16-13?. The zero-order chi connectivity index (χ0) is 15.8. The molecule has 0 unspecified atom stereocenters. The first-order valence-corrected chi connectivity index (χ1v) is 8.08. The Hall–Kier alpha value is -1.33. The highest BCUT2D eigenvalue weighted by Gasteiger charge is 2.09. The molecule has 0 radical (unpaired) electrons. The smallest absolute Gasteiger partial charge is 0.266 e. The summed E-state index contributed by atoms with van der Waals surface area (Å²) in [5.74, 6) is 0. The Kier molecular flexibility index (Phi) is 7.47. The third-order valence-electron chi connectivity index (χ3n) is 3.10. The largest absolute Gasteiger partial charge is 0.308 e. The Balaban J connectivity index is 3.15. The van der Waals surface area contributed by atoms with Crippen molar-refractivity contribution in [2.45, 2.75) is 33.7 Å². The van der Waals surface area contributed by atoms with Gasteiger partial charge in [-0.3, -0.25) is 4.79 Å². The number of rotatable bonds is 7. The van der Waals surface area contributed by atoms with Crippen LogP contribution in [0.25, 0.3) is 4.91 Å². The third kappa shape index (κ3) is 5.52. The highest BCUT2D eigenvalue weighted by Crippen LogP contribution is 2.31. The van der Waals surface area contributed by atoms with Crippen LogP contribution in [0.3, 0.4) is 0 Å². The van der Waals surface area contributed by atoms with Gasteiger partial charge in [0.15, 0.2) is 0 Å². The van der Waals surface area contributed by atoms with Gasteiger partial charge in [-0.1, -0.05) is 30.3 Å². The van der Waals surface area contributed by atoms with E-state index in [1.807, 2.05) is 43.5 Å². The molecule has 0 amide bonds. The first-order valence-electron chi connectivity index (χ1n) is 7.20. The van der Waals surface area contributed by atoms with Crippen LogP contribution >= 0.6 is 11.8 Å². The van der Waals surface area contributed by atoms with Gasteiger partial charge in [0.2, 0.25) is 0 Å². The summed E-state index contributed by atoms with van der Waals surface area (Å²) in [6, 6.07) is 3.43. The van der Waals surface area contributed by atoms with E-state index in [0.29, 0.717) is 6.54 Å². The molecule has 0 N–H and O–H groups in total. The van der Waals surface area contributed by atoms with Crippen molar-refractivity contribution in [1.82, 2.24) is 14.7 Å². The van der Waals surface area contributed by atoms with Crippen LogP contribution in [-0.2, 0) is 6.54 Å². The fourth-order valence-corrected chi connectivity index (χ4v) is 2.55. The van der Waals surface area contributed by atoms with Gasteiger partial charge < -0.3 is 4.90 Å². The summed E-state index contributed by atoms with van der Waals surface area (Å²) in [7, 11) is 3.98. The normalized spacial score (nSPS) is 13.0. The van der Waals surface area contributed by atoms with Crippen molar-refractivity contribution in [1.29, 1.82) is 0 Å². The SMILES string of the molecule is C/C=C\SC(=C(C)CC)c1ccc(=O)n(CCN(C)C)n1. The van der Waals surface area contributed by atoms with Crippen molar-refractivity contribution in [3.05, 3.63) is 45.2 Å². The van der Waals surface area contributed by atoms with Crippen molar-refractivity contribution >= 4 is 16.7 Å². The zero-order valence-corrected chi connectivity index (χ0v) is 14.4. The summed E-state index contributed by atoms with van der Waals surface area (Å²) in [5, 5.41) is 6.58. The Bertz CT molecular complexity index is 573. The van der Waals surface area contributed by atoms with Crippen LogP contribution in [0.1, 0.15) is 32.9 Å². The summed E-state index contributed by atoms with van der Waals surface area (Å²) < 4.78 is 1.55. The van der Waals surface area contributed by atoms with Crippen LogP contribution in [0.2, 0.25) is 0 Å². The number of likely N-dealkylation sites (N-methyl/N-ethyl adjacent to an activating group) is 1. The van der Waals surface area contributed by atoms with Gasteiger partial charge in [0.25, 0.3) is 5.56 Å². The van der Waals surface area contributed by atoms with Gasteiger partial charge in [0, 0.05) is 17.5 Å². The summed E-state index contributed by atoms with van der Waals surface area (Å²) >= 11 is 1.66.